The smallest absolute Gasteiger partial charge is 0.281 e. The van der Waals surface area contributed by atoms with Gasteiger partial charge in [-0.2, -0.15) is 9.97 Å². The molecule has 5 rings (SSSR count). The van der Waals surface area contributed by atoms with E-state index in [1.807, 2.05) is 0 Å². The zero-order chi connectivity index (χ0) is 20.8. The molecule has 0 bridgehead atoms. The second kappa shape index (κ2) is 7.06. The first-order valence-electron chi connectivity index (χ1n) is 9.67. The molecule has 2 N–H and O–H groups in total. The van der Waals surface area contributed by atoms with Crippen LogP contribution in [0.4, 0.5) is 5.95 Å². The van der Waals surface area contributed by atoms with Gasteiger partial charge in [0.1, 0.15) is 6.54 Å². The highest BCUT2D eigenvalue weighted by Crippen LogP contribution is 2.37. The fraction of sp³-hybridized carbons (Fsp3) is 0.350. The summed E-state index contributed by atoms with van der Waals surface area (Å²) in [5.41, 5.74) is 8.69. The number of nitrogens with two attached hydrogens (primary N) is 1. The van der Waals surface area contributed by atoms with Crippen molar-refractivity contribution >= 4 is 17.1 Å². The molecule has 1 aliphatic rings. The van der Waals surface area contributed by atoms with Crippen LogP contribution in [-0.4, -0.2) is 35.8 Å². The Bertz CT molecular complexity index is 1270. The molecule has 10 heteroatoms. The largest absolute Gasteiger partial charge is 0.373 e. The third-order valence-electron chi connectivity index (χ3n) is 5.45. The van der Waals surface area contributed by atoms with Gasteiger partial charge in [0.25, 0.3) is 5.56 Å². The third kappa shape index (κ3) is 3.14. The van der Waals surface area contributed by atoms with Gasteiger partial charge in [0.2, 0.25) is 11.8 Å². The second-order valence-electron chi connectivity index (χ2n) is 7.60. The van der Waals surface area contributed by atoms with E-state index < -0.39 is 0 Å². The molecule has 1 fully saturated rings. The summed E-state index contributed by atoms with van der Waals surface area (Å²) in [5, 5.41) is 4.11. The minimum absolute atomic E-state index is 0.00672. The van der Waals surface area contributed by atoms with Crippen molar-refractivity contribution < 1.29 is 9.26 Å². The van der Waals surface area contributed by atoms with Gasteiger partial charge in [-0.05, 0) is 18.9 Å². The molecule has 1 saturated heterocycles. The maximum absolute atomic E-state index is 12.8. The van der Waals surface area contributed by atoms with E-state index >= 15 is 0 Å². The molecule has 10 nitrogen and oxygen atoms in total. The number of ether oxygens (including phenoxy) is 1. The SMILES string of the molecule is Cc1ccc([C@H]2C[C@H](c3noc(Cn4c(N)nc5ncn(C)c5c4=O)n3)CO2)cc1. The van der Waals surface area contributed by atoms with Gasteiger partial charge in [0.15, 0.2) is 17.0 Å². The molecule has 154 valence electrons. The van der Waals surface area contributed by atoms with Crippen molar-refractivity contribution in [2.24, 2.45) is 7.05 Å². The summed E-state index contributed by atoms with van der Waals surface area (Å²) in [6.07, 6.45) is 2.30. The van der Waals surface area contributed by atoms with Crippen LogP contribution >= 0.6 is 0 Å². The molecule has 0 unspecified atom stereocenters. The van der Waals surface area contributed by atoms with Crippen molar-refractivity contribution in [1.29, 1.82) is 0 Å². The number of nitrogens with zero attached hydrogens (tertiary/aromatic N) is 6. The lowest BCUT2D eigenvalue weighted by molar-refractivity contribution is 0.110. The number of anilines is 1. The van der Waals surface area contributed by atoms with E-state index in [-0.39, 0.29) is 30.1 Å². The first-order valence-corrected chi connectivity index (χ1v) is 9.67. The van der Waals surface area contributed by atoms with Crippen LogP contribution < -0.4 is 11.3 Å². The first kappa shape index (κ1) is 18.5. The lowest BCUT2D eigenvalue weighted by Crippen LogP contribution is -2.26. The van der Waals surface area contributed by atoms with Crippen LogP contribution in [0.3, 0.4) is 0 Å². The van der Waals surface area contributed by atoms with Crippen molar-refractivity contribution in [3.05, 3.63) is 63.8 Å². The molecule has 1 aliphatic heterocycles. The summed E-state index contributed by atoms with van der Waals surface area (Å²) >= 11 is 0. The summed E-state index contributed by atoms with van der Waals surface area (Å²) in [4.78, 5) is 25.5. The molecule has 4 aromatic rings. The van der Waals surface area contributed by atoms with Gasteiger partial charge in [-0.3, -0.25) is 9.36 Å². The molecule has 0 spiro atoms. The quantitative estimate of drug-likeness (QED) is 0.541. The number of rotatable bonds is 4. The van der Waals surface area contributed by atoms with E-state index in [1.54, 1.807) is 11.6 Å². The van der Waals surface area contributed by atoms with Crippen LogP contribution in [0.2, 0.25) is 0 Å². The van der Waals surface area contributed by atoms with Gasteiger partial charge in [-0.15, -0.1) is 0 Å². The number of hydrogen-bond acceptors (Lipinski definition) is 8. The predicted octanol–water partition coefficient (Wildman–Crippen LogP) is 1.70. The highest BCUT2D eigenvalue weighted by Gasteiger charge is 2.31. The molecule has 4 heterocycles. The minimum Gasteiger partial charge on any atom is -0.373 e. The molecular weight excluding hydrogens is 386 g/mol. The van der Waals surface area contributed by atoms with Gasteiger partial charge in [0, 0.05) is 13.0 Å². The van der Waals surface area contributed by atoms with Gasteiger partial charge in [-0.25, -0.2) is 4.98 Å². The van der Waals surface area contributed by atoms with E-state index in [4.69, 9.17) is 15.0 Å². The molecule has 2 atom stereocenters. The Labute approximate surface area is 171 Å². The van der Waals surface area contributed by atoms with E-state index in [0.29, 0.717) is 29.5 Å². The summed E-state index contributed by atoms with van der Waals surface area (Å²) < 4.78 is 14.3. The fourth-order valence-corrected chi connectivity index (χ4v) is 3.75. The van der Waals surface area contributed by atoms with Gasteiger partial charge in [0.05, 0.1) is 19.0 Å². The maximum atomic E-state index is 12.8. The highest BCUT2D eigenvalue weighted by molar-refractivity contribution is 5.70. The average molecular weight is 407 g/mol. The summed E-state index contributed by atoms with van der Waals surface area (Å²) in [5.74, 6) is 0.942. The Morgan fingerprint density at radius 3 is 2.83 bits per heavy atom. The lowest BCUT2D eigenvalue weighted by atomic mass is 9.99. The van der Waals surface area contributed by atoms with Crippen molar-refractivity contribution in [3.8, 4) is 0 Å². The molecule has 0 radical (unpaired) electrons. The van der Waals surface area contributed by atoms with Crippen LogP contribution in [0.5, 0.6) is 0 Å². The number of benzene rings is 1. The number of nitrogen functional groups attached to an aromatic ring is 1. The fourth-order valence-electron chi connectivity index (χ4n) is 3.75. The topological polar surface area (TPSA) is 127 Å². The molecule has 30 heavy (non-hydrogen) atoms. The number of imidazole rings is 1. The van der Waals surface area contributed by atoms with E-state index in [2.05, 4.69) is 51.3 Å². The normalized spacial score (nSPS) is 19.0. The van der Waals surface area contributed by atoms with Crippen molar-refractivity contribution in [1.82, 2.24) is 29.2 Å². The van der Waals surface area contributed by atoms with Crippen molar-refractivity contribution in [3.63, 3.8) is 0 Å². The van der Waals surface area contributed by atoms with E-state index in [0.717, 1.165) is 12.0 Å². The van der Waals surface area contributed by atoms with Gasteiger partial charge < -0.3 is 19.6 Å². The molecule has 0 aliphatic carbocycles. The van der Waals surface area contributed by atoms with Gasteiger partial charge in [-0.1, -0.05) is 35.0 Å². The number of hydrogen-bond donors (Lipinski definition) is 1. The number of aromatic nitrogens is 6. The van der Waals surface area contributed by atoms with Crippen molar-refractivity contribution in [2.75, 3.05) is 12.3 Å². The first-order chi connectivity index (χ1) is 14.5. The van der Waals surface area contributed by atoms with Gasteiger partial charge >= 0.3 is 0 Å². The van der Waals surface area contributed by atoms with Crippen LogP contribution in [-0.2, 0) is 18.3 Å². The van der Waals surface area contributed by atoms with Crippen LogP contribution in [0.1, 0.15) is 41.3 Å². The van der Waals surface area contributed by atoms with Crippen LogP contribution in [0, 0.1) is 6.92 Å². The van der Waals surface area contributed by atoms with Crippen molar-refractivity contribution in [2.45, 2.75) is 31.9 Å². The van der Waals surface area contributed by atoms with E-state index in [9.17, 15) is 4.79 Å². The van der Waals surface area contributed by atoms with Crippen LogP contribution in [0.25, 0.3) is 11.2 Å². The Morgan fingerprint density at radius 2 is 2.03 bits per heavy atom. The Kier molecular flexibility index (Phi) is 4.35. The Balaban J connectivity index is 1.35. The molecule has 0 amide bonds. The zero-order valence-corrected chi connectivity index (χ0v) is 16.6. The zero-order valence-electron chi connectivity index (χ0n) is 16.6. The highest BCUT2D eigenvalue weighted by atomic mass is 16.5. The van der Waals surface area contributed by atoms with Crippen LogP contribution in [0.15, 0.2) is 39.9 Å². The number of fused-ring (bicyclic) bond motifs is 1. The molecule has 0 saturated carbocycles. The number of aryl methyl sites for hydroxylation is 2. The average Bonchev–Trinajstić information content (AvgIpc) is 3.46. The Morgan fingerprint density at radius 1 is 1.23 bits per heavy atom. The minimum atomic E-state index is -0.305. The monoisotopic (exact) mass is 407 g/mol. The lowest BCUT2D eigenvalue weighted by Gasteiger charge is -2.09. The van der Waals surface area contributed by atoms with E-state index in [1.165, 1.54) is 16.5 Å². The second-order valence-corrected chi connectivity index (χ2v) is 7.60. The summed E-state index contributed by atoms with van der Waals surface area (Å²) in [6, 6.07) is 8.32. The maximum Gasteiger partial charge on any atom is 0.281 e. The molecule has 3 aromatic heterocycles. The predicted molar refractivity (Wildman–Crippen MR) is 108 cm³/mol. The third-order valence-corrected chi connectivity index (χ3v) is 5.45. The summed E-state index contributed by atoms with van der Waals surface area (Å²) in [6.45, 7) is 2.62. The molecular formula is C20H21N7O3. The standard InChI is InChI=1S/C20H21N7O3/c1-11-3-5-12(6-4-11)14-7-13(9-29-14)17-23-15(30-25-17)8-27-19(28)16-18(24-20(27)21)22-10-26(16)2/h3-6,10,13-14H,7-9H2,1-2H3,(H2,21,24)/t13-,14+/m0/s1. The summed E-state index contributed by atoms with van der Waals surface area (Å²) in [7, 11) is 1.73. The molecule has 1 aromatic carbocycles. The Hall–Kier alpha value is -3.53.